The average Bonchev–Trinajstić information content (AvgIpc) is 2.84. The predicted molar refractivity (Wildman–Crippen MR) is 74.0 cm³/mol. The van der Waals surface area contributed by atoms with Gasteiger partial charge in [0.1, 0.15) is 0 Å². The van der Waals surface area contributed by atoms with Crippen LogP contribution in [0.1, 0.15) is 26.7 Å². The average molecular weight is 322 g/mol. The first-order valence-electron chi connectivity index (χ1n) is 7.06. The van der Waals surface area contributed by atoms with E-state index in [1.807, 2.05) is 13.8 Å². The van der Waals surface area contributed by atoms with Crippen molar-refractivity contribution < 1.29 is 27.8 Å². The Morgan fingerprint density at radius 1 is 1.24 bits per heavy atom. The van der Waals surface area contributed by atoms with E-state index in [0.29, 0.717) is 25.9 Å². The zero-order chi connectivity index (χ0) is 15.6. The minimum absolute atomic E-state index is 0.0895. The maximum absolute atomic E-state index is 12.2. The quantitative estimate of drug-likeness (QED) is 0.711. The lowest BCUT2D eigenvalue weighted by atomic mass is 10.2. The number of nitrogens with zero attached hydrogens (tertiary/aromatic N) is 1. The molecule has 0 amide bonds. The molecule has 0 aliphatic carbocycles. The Balaban J connectivity index is 1.86. The molecule has 2 aliphatic rings. The van der Waals surface area contributed by atoms with Crippen molar-refractivity contribution in [3.05, 3.63) is 0 Å². The number of aliphatic carboxylic acids is 1. The molecule has 2 saturated heterocycles. The van der Waals surface area contributed by atoms with Gasteiger partial charge >= 0.3 is 5.97 Å². The minimum Gasteiger partial charge on any atom is -0.479 e. The number of morpholine rings is 1. The zero-order valence-electron chi connectivity index (χ0n) is 12.2. The van der Waals surface area contributed by atoms with Crippen LogP contribution in [0.25, 0.3) is 0 Å². The molecule has 2 fully saturated rings. The van der Waals surface area contributed by atoms with Crippen LogP contribution in [0.2, 0.25) is 0 Å². The number of carboxylic acids is 1. The van der Waals surface area contributed by atoms with E-state index in [9.17, 15) is 13.2 Å². The first-order valence-corrected chi connectivity index (χ1v) is 8.50. The number of hydrogen-bond donors (Lipinski definition) is 2. The second-order valence-corrected chi connectivity index (χ2v) is 7.35. The Labute approximate surface area is 124 Å². The number of ether oxygens (including phenoxy) is 2. The monoisotopic (exact) mass is 322 g/mol. The second kappa shape index (κ2) is 6.57. The van der Waals surface area contributed by atoms with Gasteiger partial charge in [0.2, 0.25) is 0 Å². The Kier molecular flexibility index (Phi) is 5.20. The molecular weight excluding hydrogens is 300 g/mol. The van der Waals surface area contributed by atoms with Gasteiger partial charge in [-0.15, -0.1) is 0 Å². The summed E-state index contributed by atoms with van der Waals surface area (Å²) in [6.07, 6.45) is -0.573. The standard InChI is InChI=1S/C12H22N2O6S/c1-8-6-14(7-9(2)19-8)21(17,18)13-5-10-3-4-11(20-10)12(15)16/h8-11,13H,3-7H2,1-2H3,(H,15,16). The number of hydrogen-bond acceptors (Lipinski definition) is 5. The number of carboxylic acid groups (broad SMARTS) is 1. The molecular formula is C12H22N2O6S. The Morgan fingerprint density at radius 3 is 2.38 bits per heavy atom. The van der Waals surface area contributed by atoms with Crippen molar-refractivity contribution in [3.8, 4) is 0 Å². The fourth-order valence-electron chi connectivity index (χ4n) is 2.65. The van der Waals surface area contributed by atoms with Crippen LogP contribution in [0, 0.1) is 0 Å². The SMILES string of the molecule is CC1CN(S(=O)(=O)NCC2CCC(C(=O)O)O2)CC(C)O1. The molecule has 2 aliphatic heterocycles. The summed E-state index contributed by atoms with van der Waals surface area (Å²) in [5.41, 5.74) is 0. The van der Waals surface area contributed by atoms with Crippen molar-refractivity contribution in [3.63, 3.8) is 0 Å². The van der Waals surface area contributed by atoms with Gasteiger partial charge in [-0.2, -0.15) is 17.4 Å². The second-order valence-electron chi connectivity index (χ2n) is 5.59. The summed E-state index contributed by atoms with van der Waals surface area (Å²) in [6, 6.07) is 0. The number of rotatable bonds is 5. The van der Waals surface area contributed by atoms with Crippen LogP contribution in [0.15, 0.2) is 0 Å². The highest BCUT2D eigenvalue weighted by molar-refractivity contribution is 7.87. The third kappa shape index (κ3) is 4.36. The molecule has 122 valence electrons. The summed E-state index contributed by atoms with van der Waals surface area (Å²) in [5.74, 6) is -1.00. The molecule has 2 heterocycles. The first-order chi connectivity index (χ1) is 9.78. The normalized spacial score (nSPS) is 35.0. The minimum atomic E-state index is -3.60. The Bertz CT molecular complexity index is 472. The molecule has 4 atom stereocenters. The van der Waals surface area contributed by atoms with Crippen LogP contribution in [0.5, 0.6) is 0 Å². The smallest absolute Gasteiger partial charge is 0.332 e. The summed E-state index contributed by atoms with van der Waals surface area (Å²) in [4.78, 5) is 10.8. The third-order valence-electron chi connectivity index (χ3n) is 3.60. The van der Waals surface area contributed by atoms with Gasteiger partial charge in [-0.25, -0.2) is 4.79 Å². The molecule has 0 spiro atoms. The summed E-state index contributed by atoms with van der Waals surface area (Å²) >= 11 is 0. The van der Waals surface area contributed by atoms with Crippen LogP contribution in [0.4, 0.5) is 0 Å². The molecule has 2 N–H and O–H groups in total. The van der Waals surface area contributed by atoms with E-state index in [1.165, 1.54) is 4.31 Å². The van der Waals surface area contributed by atoms with Crippen LogP contribution in [-0.2, 0) is 24.5 Å². The van der Waals surface area contributed by atoms with Crippen molar-refractivity contribution in [2.45, 2.75) is 51.1 Å². The van der Waals surface area contributed by atoms with E-state index < -0.39 is 28.4 Å². The topological polar surface area (TPSA) is 105 Å². The van der Waals surface area contributed by atoms with Crippen LogP contribution in [0.3, 0.4) is 0 Å². The third-order valence-corrected chi connectivity index (χ3v) is 5.11. The van der Waals surface area contributed by atoms with Crippen LogP contribution in [-0.4, -0.2) is 67.8 Å². The molecule has 9 heteroatoms. The molecule has 0 saturated carbocycles. The van der Waals surface area contributed by atoms with Crippen molar-refractivity contribution in [1.29, 1.82) is 0 Å². The van der Waals surface area contributed by atoms with E-state index in [0.717, 1.165) is 0 Å². The van der Waals surface area contributed by atoms with Gasteiger partial charge in [-0.1, -0.05) is 0 Å². The van der Waals surface area contributed by atoms with Crippen molar-refractivity contribution in [2.24, 2.45) is 0 Å². The van der Waals surface area contributed by atoms with Gasteiger partial charge in [-0.05, 0) is 26.7 Å². The maximum atomic E-state index is 12.2. The lowest BCUT2D eigenvalue weighted by molar-refractivity contribution is -0.149. The molecule has 0 aromatic heterocycles. The lowest BCUT2D eigenvalue weighted by Gasteiger charge is -2.34. The summed E-state index contributed by atoms with van der Waals surface area (Å²) in [7, 11) is -3.60. The highest BCUT2D eigenvalue weighted by Gasteiger charge is 2.34. The van der Waals surface area contributed by atoms with E-state index >= 15 is 0 Å². The van der Waals surface area contributed by atoms with Gasteiger partial charge in [0, 0.05) is 19.6 Å². The fourth-order valence-corrected chi connectivity index (χ4v) is 4.05. The van der Waals surface area contributed by atoms with Crippen molar-refractivity contribution in [2.75, 3.05) is 19.6 Å². The molecule has 0 aromatic carbocycles. The van der Waals surface area contributed by atoms with Gasteiger partial charge in [0.25, 0.3) is 10.2 Å². The molecule has 4 unspecified atom stereocenters. The summed E-state index contributed by atoms with van der Waals surface area (Å²) in [6.45, 7) is 4.36. The highest BCUT2D eigenvalue weighted by Crippen LogP contribution is 2.20. The van der Waals surface area contributed by atoms with E-state index in [2.05, 4.69) is 4.72 Å². The van der Waals surface area contributed by atoms with Crippen molar-refractivity contribution >= 4 is 16.2 Å². The molecule has 2 rings (SSSR count). The van der Waals surface area contributed by atoms with E-state index in [4.69, 9.17) is 14.6 Å². The molecule has 0 radical (unpaired) electrons. The summed E-state index contributed by atoms with van der Waals surface area (Å²) in [5, 5.41) is 8.84. The van der Waals surface area contributed by atoms with E-state index in [-0.39, 0.29) is 18.8 Å². The predicted octanol–water partition coefficient (Wildman–Crippen LogP) is -0.438. The van der Waals surface area contributed by atoms with Gasteiger partial charge in [0.15, 0.2) is 6.10 Å². The fraction of sp³-hybridized carbons (Fsp3) is 0.917. The largest absolute Gasteiger partial charge is 0.479 e. The lowest BCUT2D eigenvalue weighted by Crippen LogP contribution is -2.52. The van der Waals surface area contributed by atoms with E-state index in [1.54, 1.807) is 0 Å². The number of nitrogens with one attached hydrogen (secondary N) is 1. The van der Waals surface area contributed by atoms with Gasteiger partial charge < -0.3 is 14.6 Å². The van der Waals surface area contributed by atoms with Crippen LogP contribution < -0.4 is 4.72 Å². The van der Waals surface area contributed by atoms with Crippen LogP contribution >= 0.6 is 0 Å². The number of carbonyl (C=O) groups is 1. The highest BCUT2D eigenvalue weighted by atomic mass is 32.2. The van der Waals surface area contributed by atoms with Gasteiger partial charge in [-0.3, -0.25) is 0 Å². The maximum Gasteiger partial charge on any atom is 0.332 e. The molecule has 0 bridgehead atoms. The Hall–Kier alpha value is -0.740. The zero-order valence-corrected chi connectivity index (χ0v) is 13.0. The Morgan fingerprint density at radius 2 is 1.86 bits per heavy atom. The van der Waals surface area contributed by atoms with Gasteiger partial charge in [0.05, 0.1) is 18.3 Å². The molecule has 8 nitrogen and oxygen atoms in total. The summed E-state index contributed by atoms with van der Waals surface area (Å²) < 4.78 is 39.1. The molecule has 21 heavy (non-hydrogen) atoms. The molecule has 0 aromatic rings. The van der Waals surface area contributed by atoms with Crippen molar-refractivity contribution in [1.82, 2.24) is 9.03 Å². The first kappa shape index (κ1) is 16.6.